The first-order valence-electron chi connectivity index (χ1n) is 8.73. The van der Waals surface area contributed by atoms with Gasteiger partial charge in [0.1, 0.15) is 5.82 Å². The van der Waals surface area contributed by atoms with Gasteiger partial charge in [0.25, 0.3) is 0 Å². The maximum Gasteiger partial charge on any atom is 0.223 e. The van der Waals surface area contributed by atoms with Crippen molar-refractivity contribution < 1.29 is 9.53 Å². The number of ether oxygens (including phenoxy) is 1. The average molecular weight is 325 g/mol. The fourth-order valence-electron chi connectivity index (χ4n) is 3.74. The molecule has 2 aliphatic heterocycles. The first kappa shape index (κ1) is 15.4. The van der Waals surface area contributed by atoms with Crippen LogP contribution >= 0.6 is 0 Å². The second kappa shape index (κ2) is 6.77. The minimum atomic E-state index is 0.0836. The van der Waals surface area contributed by atoms with Crippen LogP contribution in [0, 0.1) is 5.92 Å². The molecule has 5 nitrogen and oxygen atoms in total. The Bertz CT molecular complexity index is 692. The highest BCUT2D eigenvalue weighted by Crippen LogP contribution is 2.31. The lowest BCUT2D eigenvalue weighted by atomic mass is 9.94. The van der Waals surface area contributed by atoms with Gasteiger partial charge >= 0.3 is 0 Å². The summed E-state index contributed by atoms with van der Waals surface area (Å²) in [4.78, 5) is 19.5. The molecule has 0 saturated carbocycles. The van der Waals surface area contributed by atoms with Crippen molar-refractivity contribution in [2.75, 3.05) is 13.2 Å². The smallest absolute Gasteiger partial charge is 0.223 e. The van der Waals surface area contributed by atoms with Gasteiger partial charge in [-0.3, -0.25) is 4.79 Å². The molecule has 1 aromatic heterocycles. The fourth-order valence-corrected chi connectivity index (χ4v) is 3.74. The minimum absolute atomic E-state index is 0.0836. The van der Waals surface area contributed by atoms with Crippen LogP contribution in [0.3, 0.4) is 0 Å². The number of imidazole rings is 1. The normalized spacial score (nSPS) is 21.5. The maximum absolute atomic E-state index is 13.0. The molecular weight excluding hydrogens is 302 g/mol. The lowest BCUT2D eigenvalue weighted by Gasteiger charge is -2.37. The molecule has 1 aromatic carbocycles. The number of carbonyl (C=O) groups is 1. The van der Waals surface area contributed by atoms with E-state index in [1.54, 1.807) is 0 Å². The standard InChI is InChI=1S/C19H23N3O2/c23-19(12-15-6-10-24-11-7-15)22-14-18-20-8-9-21(18)13-17(22)16-4-2-1-3-5-16/h1-5,8-9,15,17H,6-7,10-14H2/t17-/m1/s1. The van der Waals surface area contributed by atoms with Crippen molar-refractivity contribution in [3.63, 3.8) is 0 Å². The molecule has 126 valence electrons. The van der Waals surface area contributed by atoms with Crippen molar-refractivity contribution in [2.45, 2.75) is 38.4 Å². The molecule has 2 aliphatic rings. The number of nitrogens with zero attached hydrogens (tertiary/aromatic N) is 3. The van der Waals surface area contributed by atoms with E-state index in [9.17, 15) is 4.79 Å². The van der Waals surface area contributed by atoms with E-state index in [2.05, 4.69) is 21.7 Å². The molecule has 24 heavy (non-hydrogen) atoms. The first-order valence-corrected chi connectivity index (χ1v) is 8.73. The van der Waals surface area contributed by atoms with Crippen LogP contribution in [0.4, 0.5) is 0 Å². The Kier molecular flexibility index (Phi) is 4.34. The van der Waals surface area contributed by atoms with Gasteiger partial charge in [0.2, 0.25) is 5.91 Å². The molecule has 2 aromatic rings. The van der Waals surface area contributed by atoms with Crippen molar-refractivity contribution >= 4 is 5.91 Å². The Morgan fingerprint density at radius 2 is 2.00 bits per heavy atom. The number of rotatable bonds is 3. The van der Waals surface area contributed by atoms with Gasteiger partial charge in [0.05, 0.1) is 12.6 Å². The van der Waals surface area contributed by atoms with Gasteiger partial charge < -0.3 is 14.2 Å². The number of hydrogen-bond acceptors (Lipinski definition) is 3. The van der Waals surface area contributed by atoms with Crippen molar-refractivity contribution in [1.29, 1.82) is 0 Å². The molecule has 1 amide bonds. The predicted octanol–water partition coefficient (Wildman–Crippen LogP) is 2.78. The number of amides is 1. The minimum Gasteiger partial charge on any atom is -0.381 e. The monoisotopic (exact) mass is 325 g/mol. The lowest BCUT2D eigenvalue weighted by Crippen LogP contribution is -2.42. The van der Waals surface area contributed by atoms with Gasteiger partial charge in [-0.1, -0.05) is 30.3 Å². The van der Waals surface area contributed by atoms with E-state index in [1.807, 2.05) is 35.5 Å². The zero-order valence-corrected chi connectivity index (χ0v) is 13.8. The van der Waals surface area contributed by atoms with Crippen LogP contribution in [0.1, 0.15) is 36.7 Å². The Balaban J connectivity index is 1.57. The van der Waals surface area contributed by atoms with E-state index in [-0.39, 0.29) is 11.9 Å². The fraction of sp³-hybridized carbons (Fsp3) is 0.474. The van der Waals surface area contributed by atoms with Crippen LogP contribution < -0.4 is 0 Å². The molecule has 3 heterocycles. The Morgan fingerprint density at radius 1 is 1.21 bits per heavy atom. The van der Waals surface area contributed by atoms with Gasteiger partial charge in [-0.2, -0.15) is 0 Å². The number of aromatic nitrogens is 2. The molecule has 1 atom stereocenters. The summed E-state index contributed by atoms with van der Waals surface area (Å²) in [6.45, 7) is 2.93. The quantitative estimate of drug-likeness (QED) is 0.872. The molecule has 1 saturated heterocycles. The summed E-state index contributed by atoms with van der Waals surface area (Å²) in [5.41, 5.74) is 1.19. The SMILES string of the molecule is O=C(CC1CCOCC1)N1Cc2nccn2C[C@@H]1c1ccccc1. The van der Waals surface area contributed by atoms with Crippen LogP contribution in [0.2, 0.25) is 0 Å². The van der Waals surface area contributed by atoms with E-state index in [0.717, 1.165) is 38.4 Å². The highest BCUT2D eigenvalue weighted by molar-refractivity contribution is 5.77. The zero-order valence-electron chi connectivity index (χ0n) is 13.8. The molecule has 0 unspecified atom stereocenters. The van der Waals surface area contributed by atoms with Gasteiger partial charge in [0, 0.05) is 38.6 Å². The summed E-state index contributed by atoms with van der Waals surface area (Å²) < 4.78 is 7.58. The van der Waals surface area contributed by atoms with E-state index in [0.29, 0.717) is 18.9 Å². The lowest BCUT2D eigenvalue weighted by molar-refractivity contribution is -0.137. The summed E-state index contributed by atoms with van der Waals surface area (Å²) in [5, 5.41) is 0. The van der Waals surface area contributed by atoms with Crippen LogP contribution in [-0.2, 0) is 22.6 Å². The van der Waals surface area contributed by atoms with E-state index < -0.39 is 0 Å². The van der Waals surface area contributed by atoms with Crippen molar-refractivity contribution in [3.8, 4) is 0 Å². The molecule has 4 rings (SSSR count). The molecule has 0 N–H and O–H groups in total. The summed E-state index contributed by atoms with van der Waals surface area (Å²) in [6, 6.07) is 10.4. The van der Waals surface area contributed by atoms with E-state index in [1.165, 1.54) is 5.56 Å². The molecule has 0 radical (unpaired) electrons. The van der Waals surface area contributed by atoms with Crippen molar-refractivity contribution in [1.82, 2.24) is 14.5 Å². The maximum atomic E-state index is 13.0. The number of hydrogen-bond donors (Lipinski definition) is 0. The van der Waals surface area contributed by atoms with Crippen molar-refractivity contribution in [3.05, 3.63) is 54.1 Å². The highest BCUT2D eigenvalue weighted by atomic mass is 16.5. The van der Waals surface area contributed by atoms with Crippen molar-refractivity contribution in [2.24, 2.45) is 5.92 Å². The third-order valence-corrected chi connectivity index (χ3v) is 5.17. The third-order valence-electron chi connectivity index (χ3n) is 5.17. The third kappa shape index (κ3) is 3.08. The number of carbonyl (C=O) groups excluding carboxylic acids is 1. The van der Waals surface area contributed by atoms with Gasteiger partial charge in [-0.15, -0.1) is 0 Å². The Morgan fingerprint density at radius 3 is 2.79 bits per heavy atom. The van der Waals surface area contributed by atoms with Crippen LogP contribution in [0.25, 0.3) is 0 Å². The molecule has 0 aliphatic carbocycles. The van der Waals surface area contributed by atoms with Crippen LogP contribution in [-0.4, -0.2) is 33.6 Å². The summed E-state index contributed by atoms with van der Waals surface area (Å²) >= 11 is 0. The second-order valence-corrected chi connectivity index (χ2v) is 6.70. The summed E-state index contributed by atoms with van der Waals surface area (Å²) in [6.07, 6.45) is 6.43. The molecule has 5 heteroatoms. The number of fused-ring (bicyclic) bond motifs is 1. The van der Waals surface area contributed by atoms with Gasteiger partial charge in [-0.25, -0.2) is 4.98 Å². The number of benzene rings is 1. The average Bonchev–Trinajstić information content (AvgIpc) is 3.10. The summed E-state index contributed by atoms with van der Waals surface area (Å²) in [7, 11) is 0. The largest absolute Gasteiger partial charge is 0.381 e. The topological polar surface area (TPSA) is 47.4 Å². The second-order valence-electron chi connectivity index (χ2n) is 6.70. The van der Waals surface area contributed by atoms with E-state index >= 15 is 0 Å². The predicted molar refractivity (Wildman–Crippen MR) is 90.1 cm³/mol. The highest BCUT2D eigenvalue weighted by Gasteiger charge is 2.32. The van der Waals surface area contributed by atoms with Gasteiger partial charge in [0.15, 0.2) is 0 Å². The molecule has 1 fully saturated rings. The molecule has 0 bridgehead atoms. The Hall–Kier alpha value is -2.14. The molecular formula is C19H23N3O2. The van der Waals surface area contributed by atoms with Crippen LogP contribution in [0.15, 0.2) is 42.7 Å². The van der Waals surface area contributed by atoms with Gasteiger partial charge in [-0.05, 0) is 24.3 Å². The first-order chi connectivity index (χ1) is 11.8. The van der Waals surface area contributed by atoms with Crippen LogP contribution in [0.5, 0.6) is 0 Å². The zero-order chi connectivity index (χ0) is 16.4. The Labute approximate surface area is 142 Å². The molecule has 0 spiro atoms. The van der Waals surface area contributed by atoms with E-state index in [4.69, 9.17) is 4.74 Å². The summed E-state index contributed by atoms with van der Waals surface area (Å²) in [5.74, 6) is 1.66.